The summed E-state index contributed by atoms with van der Waals surface area (Å²) in [5.41, 5.74) is 6.74. The zero-order valence-electron chi connectivity index (χ0n) is 10.4. The van der Waals surface area contributed by atoms with Gasteiger partial charge in [0.1, 0.15) is 5.78 Å². The van der Waals surface area contributed by atoms with Crippen molar-refractivity contribution in [3.05, 3.63) is 18.0 Å². The van der Waals surface area contributed by atoms with Gasteiger partial charge in [0, 0.05) is 25.1 Å². The second-order valence-corrected chi connectivity index (χ2v) is 4.88. The van der Waals surface area contributed by atoms with Gasteiger partial charge in [0.25, 0.3) is 0 Å². The SMILES string of the molecule is CCn1cc(CC(=O)C2CCCC2CN)cn1. The molecule has 0 saturated heterocycles. The Balaban J connectivity index is 1.96. The predicted octanol–water partition coefficient (Wildman–Crippen LogP) is 1.39. The van der Waals surface area contributed by atoms with E-state index in [1.807, 2.05) is 17.8 Å². The lowest BCUT2D eigenvalue weighted by molar-refractivity contribution is -0.123. The molecule has 4 nitrogen and oxygen atoms in total. The van der Waals surface area contributed by atoms with Gasteiger partial charge in [-0.15, -0.1) is 0 Å². The lowest BCUT2D eigenvalue weighted by Gasteiger charge is -2.15. The van der Waals surface area contributed by atoms with Crippen LogP contribution in [0.15, 0.2) is 12.4 Å². The average Bonchev–Trinajstić information content (AvgIpc) is 2.96. The maximum atomic E-state index is 12.2. The zero-order chi connectivity index (χ0) is 12.3. The van der Waals surface area contributed by atoms with E-state index in [0.29, 0.717) is 24.7 Å². The van der Waals surface area contributed by atoms with Gasteiger partial charge in [-0.1, -0.05) is 6.42 Å². The van der Waals surface area contributed by atoms with E-state index in [1.165, 1.54) is 0 Å². The van der Waals surface area contributed by atoms with E-state index in [4.69, 9.17) is 5.73 Å². The van der Waals surface area contributed by atoms with Crippen LogP contribution in [-0.4, -0.2) is 22.1 Å². The second kappa shape index (κ2) is 5.45. The third-order valence-electron chi connectivity index (χ3n) is 3.76. The Bertz CT molecular complexity index is 386. The first-order valence-corrected chi connectivity index (χ1v) is 6.48. The first-order valence-electron chi connectivity index (χ1n) is 6.48. The molecule has 1 aromatic rings. The molecule has 2 N–H and O–H groups in total. The molecule has 94 valence electrons. The molecule has 0 aromatic carbocycles. The quantitative estimate of drug-likeness (QED) is 0.839. The van der Waals surface area contributed by atoms with Gasteiger partial charge in [-0.25, -0.2) is 0 Å². The summed E-state index contributed by atoms with van der Waals surface area (Å²) >= 11 is 0. The fourth-order valence-electron chi connectivity index (χ4n) is 2.75. The Labute approximate surface area is 102 Å². The van der Waals surface area contributed by atoms with Gasteiger partial charge >= 0.3 is 0 Å². The molecular weight excluding hydrogens is 214 g/mol. The Hall–Kier alpha value is -1.16. The third-order valence-corrected chi connectivity index (χ3v) is 3.76. The van der Waals surface area contributed by atoms with Crippen LogP contribution in [0.3, 0.4) is 0 Å². The van der Waals surface area contributed by atoms with Crippen LogP contribution >= 0.6 is 0 Å². The van der Waals surface area contributed by atoms with Crippen molar-refractivity contribution >= 4 is 5.78 Å². The molecule has 2 atom stereocenters. The standard InChI is InChI=1S/C13H21N3O/c1-2-16-9-10(8-15-16)6-13(17)12-5-3-4-11(12)7-14/h8-9,11-12H,2-7,14H2,1H3. The molecule has 1 heterocycles. The van der Waals surface area contributed by atoms with E-state index in [9.17, 15) is 4.79 Å². The van der Waals surface area contributed by atoms with Crippen LogP contribution in [0.4, 0.5) is 0 Å². The first kappa shape index (κ1) is 12.3. The predicted molar refractivity (Wildman–Crippen MR) is 66.5 cm³/mol. The van der Waals surface area contributed by atoms with E-state index in [0.717, 1.165) is 31.4 Å². The van der Waals surface area contributed by atoms with E-state index < -0.39 is 0 Å². The molecule has 17 heavy (non-hydrogen) atoms. The van der Waals surface area contributed by atoms with Crippen molar-refractivity contribution in [1.29, 1.82) is 0 Å². The summed E-state index contributed by atoms with van der Waals surface area (Å²) in [7, 11) is 0. The molecule has 2 rings (SSSR count). The van der Waals surface area contributed by atoms with E-state index in [1.54, 1.807) is 6.20 Å². The Morgan fingerprint density at radius 1 is 1.59 bits per heavy atom. The van der Waals surface area contributed by atoms with Crippen molar-refractivity contribution in [2.24, 2.45) is 17.6 Å². The van der Waals surface area contributed by atoms with Gasteiger partial charge in [0.05, 0.1) is 6.20 Å². The number of rotatable bonds is 5. The minimum Gasteiger partial charge on any atom is -0.330 e. The number of carbonyl (C=O) groups is 1. The topological polar surface area (TPSA) is 60.9 Å². The molecule has 0 amide bonds. The van der Waals surface area contributed by atoms with Gasteiger partial charge < -0.3 is 5.73 Å². The number of aromatic nitrogens is 2. The number of hydrogen-bond acceptors (Lipinski definition) is 3. The Morgan fingerprint density at radius 2 is 2.41 bits per heavy atom. The van der Waals surface area contributed by atoms with Crippen LogP contribution in [0.5, 0.6) is 0 Å². The number of aryl methyl sites for hydroxylation is 1. The van der Waals surface area contributed by atoms with E-state index in [-0.39, 0.29) is 5.92 Å². The van der Waals surface area contributed by atoms with Crippen molar-refractivity contribution in [2.45, 2.75) is 39.2 Å². The maximum absolute atomic E-state index is 12.2. The van der Waals surface area contributed by atoms with Crippen molar-refractivity contribution in [2.75, 3.05) is 6.54 Å². The lowest BCUT2D eigenvalue weighted by atomic mass is 9.89. The number of nitrogens with zero attached hydrogens (tertiary/aromatic N) is 2. The zero-order valence-corrected chi connectivity index (χ0v) is 10.4. The molecule has 0 radical (unpaired) electrons. The Kier molecular flexibility index (Phi) is 3.94. The summed E-state index contributed by atoms with van der Waals surface area (Å²) in [4.78, 5) is 12.2. The van der Waals surface area contributed by atoms with Crippen LogP contribution in [0.1, 0.15) is 31.7 Å². The molecule has 1 fully saturated rings. The van der Waals surface area contributed by atoms with Crippen molar-refractivity contribution in [3.8, 4) is 0 Å². The number of Topliss-reactive ketones (excluding diaryl/α,β-unsaturated/α-hetero) is 1. The summed E-state index contributed by atoms with van der Waals surface area (Å²) in [6.07, 6.45) is 7.55. The van der Waals surface area contributed by atoms with Crippen molar-refractivity contribution in [1.82, 2.24) is 9.78 Å². The highest BCUT2D eigenvalue weighted by Crippen LogP contribution is 2.32. The van der Waals surface area contributed by atoms with E-state index >= 15 is 0 Å². The number of carbonyl (C=O) groups excluding carboxylic acids is 1. The van der Waals surface area contributed by atoms with Crippen LogP contribution in [-0.2, 0) is 17.8 Å². The minimum atomic E-state index is 0.185. The largest absolute Gasteiger partial charge is 0.330 e. The smallest absolute Gasteiger partial charge is 0.140 e. The maximum Gasteiger partial charge on any atom is 0.140 e. The fraction of sp³-hybridized carbons (Fsp3) is 0.692. The molecule has 1 aliphatic rings. The van der Waals surface area contributed by atoms with Gasteiger partial charge in [0.2, 0.25) is 0 Å². The molecule has 4 heteroatoms. The fourth-order valence-corrected chi connectivity index (χ4v) is 2.75. The highest BCUT2D eigenvalue weighted by Gasteiger charge is 2.31. The number of ketones is 1. The summed E-state index contributed by atoms with van der Waals surface area (Å²) in [5.74, 6) is 0.933. The van der Waals surface area contributed by atoms with Gasteiger partial charge in [-0.05, 0) is 37.8 Å². The Morgan fingerprint density at radius 3 is 3.06 bits per heavy atom. The van der Waals surface area contributed by atoms with Crippen LogP contribution < -0.4 is 5.73 Å². The molecule has 0 aliphatic heterocycles. The average molecular weight is 235 g/mol. The van der Waals surface area contributed by atoms with Crippen molar-refractivity contribution in [3.63, 3.8) is 0 Å². The minimum absolute atomic E-state index is 0.185. The normalized spacial score (nSPS) is 24.1. The molecule has 0 spiro atoms. The summed E-state index contributed by atoms with van der Waals surface area (Å²) in [6, 6.07) is 0. The number of hydrogen-bond donors (Lipinski definition) is 1. The highest BCUT2D eigenvalue weighted by molar-refractivity contribution is 5.83. The molecular formula is C13H21N3O. The van der Waals surface area contributed by atoms with Gasteiger partial charge in [0.15, 0.2) is 0 Å². The van der Waals surface area contributed by atoms with Gasteiger partial charge in [-0.3, -0.25) is 9.48 Å². The van der Waals surface area contributed by atoms with Gasteiger partial charge in [-0.2, -0.15) is 5.10 Å². The molecule has 1 aromatic heterocycles. The first-order chi connectivity index (χ1) is 8.24. The number of nitrogens with two attached hydrogens (primary N) is 1. The lowest BCUT2D eigenvalue weighted by Crippen LogP contribution is -2.26. The molecule has 0 bridgehead atoms. The summed E-state index contributed by atoms with van der Waals surface area (Å²) < 4.78 is 1.86. The third kappa shape index (κ3) is 2.75. The summed E-state index contributed by atoms with van der Waals surface area (Å²) in [6.45, 7) is 3.54. The van der Waals surface area contributed by atoms with Crippen LogP contribution in [0.2, 0.25) is 0 Å². The highest BCUT2D eigenvalue weighted by atomic mass is 16.1. The monoisotopic (exact) mass is 235 g/mol. The second-order valence-electron chi connectivity index (χ2n) is 4.88. The van der Waals surface area contributed by atoms with Crippen LogP contribution in [0.25, 0.3) is 0 Å². The summed E-state index contributed by atoms with van der Waals surface area (Å²) in [5, 5.41) is 4.19. The molecule has 2 unspecified atom stereocenters. The molecule has 1 aliphatic carbocycles. The van der Waals surface area contributed by atoms with E-state index in [2.05, 4.69) is 5.10 Å². The van der Waals surface area contributed by atoms with Crippen LogP contribution in [0, 0.1) is 11.8 Å². The van der Waals surface area contributed by atoms with Crippen molar-refractivity contribution < 1.29 is 4.79 Å². The molecule has 1 saturated carbocycles.